The van der Waals surface area contributed by atoms with Crippen LogP contribution in [0.1, 0.15) is 23.9 Å². The van der Waals surface area contributed by atoms with Crippen molar-refractivity contribution in [1.29, 1.82) is 0 Å². The van der Waals surface area contributed by atoms with Crippen LogP contribution in [0.3, 0.4) is 0 Å². The summed E-state index contributed by atoms with van der Waals surface area (Å²) < 4.78 is 4.13. The molecule has 0 bridgehead atoms. The Morgan fingerprint density at radius 3 is 2.40 bits per heavy atom. The smallest absolute Gasteiger partial charge is 0.0766 e. The molecule has 0 amide bonds. The van der Waals surface area contributed by atoms with Gasteiger partial charge >= 0.3 is 0 Å². The highest BCUT2D eigenvalue weighted by atomic mass is 79.9. The minimum atomic E-state index is 0.0904. The zero-order chi connectivity index (χ0) is 14.7. The van der Waals surface area contributed by atoms with Gasteiger partial charge in [-0.15, -0.1) is 0 Å². The van der Waals surface area contributed by atoms with Crippen molar-refractivity contribution >= 4 is 31.9 Å². The molecule has 3 nitrogen and oxygen atoms in total. The van der Waals surface area contributed by atoms with Gasteiger partial charge in [0.15, 0.2) is 0 Å². The van der Waals surface area contributed by atoms with Crippen LogP contribution in [0.5, 0.6) is 0 Å². The van der Waals surface area contributed by atoms with Gasteiger partial charge in [0.05, 0.1) is 15.9 Å². The predicted octanol–water partition coefficient (Wildman–Crippen LogP) is 3.62. The first-order chi connectivity index (χ1) is 9.51. The number of nitrogens with zero attached hydrogens (tertiary/aromatic N) is 2. The van der Waals surface area contributed by atoms with E-state index < -0.39 is 0 Å². The lowest BCUT2D eigenvalue weighted by Crippen LogP contribution is -2.26. The van der Waals surface area contributed by atoms with Crippen LogP contribution in [-0.2, 0) is 26.3 Å². The second-order valence-corrected chi connectivity index (χ2v) is 6.69. The zero-order valence-corrected chi connectivity index (χ0v) is 14.9. The third-order valence-corrected chi connectivity index (χ3v) is 4.81. The molecule has 2 aromatic rings. The molecular weight excluding hydrogens is 382 g/mol. The van der Waals surface area contributed by atoms with Crippen molar-refractivity contribution in [3.8, 4) is 0 Å². The van der Waals surface area contributed by atoms with E-state index in [0.29, 0.717) is 0 Å². The van der Waals surface area contributed by atoms with Crippen molar-refractivity contribution in [3.63, 3.8) is 0 Å². The van der Waals surface area contributed by atoms with Crippen LogP contribution in [0.2, 0.25) is 0 Å². The average molecular weight is 401 g/mol. The van der Waals surface area contributed by atoms with Crippen molar-refractivity contribution in [2.45, 2.75) is 32.2 Å². The molecule has 0 aliphatic carbocycles. The lowest BCUT2D eigenvalue weighted by molar-refractivity contribution is 0.610. The highest BCUT2D eigenvalue weighted by molar-refractivity contribution is 9.10. The first-order valence-electron chi connectivity index (χ1n) is 6.71. The van der Waals surface area contributed by atoms with Gasteiger partial charge < -0.3 is 5.73 Å². The Morgan fingerprint density at radius 2 is 1.85 bits per heavy atom. The van der Waals surface area contributed by atoms with Crippen LogP contribution in [-0.4, -0.2) is 15.8 Å². The van der Waals surface area contributed by atoms with E-state index in [4.69, 9.17) is 5.73 Å². The van der Waals surface area contributed by atoms with Gasteiger partial charge in [-0.05, 0) is 46.5 Å². The first-order valence-corrected chi connectivity index (χ1v) is 8.30. The van der Waals surface area contributed by atoms with Crippen LogP contribution in [0.25, 0.3) is 0 Å². The Morgan fingerprint density at radius 1 is 1.20 bits per heavy atom. The normalized spacial score (nSPS) is 12.7. The molecule has 108 valence electrons. The van der Waals surface area contributed by atoms with E-state index in [2.05, 4.69) is 68.1 Å². The molecular formula is C15H19Br2N3. The molecule has 0 radical (unpaired) electrons. The Kier molecular flexibility index (Phi) is 5.41. The van der Waals surface area contributed by atoms with Crippen molar-refractivity contribution in [3.05, 3.63) is 50.2 Å². The van der Waals surface area contributed by atoms with Crippen LogP contribution in [0.15, 0.2) is 33.2 Å². The predicted molar refractivity (Wildman–Crippen MR) is 89.8 cm³/mol. The largest absolute Gasteiger partial charge is 0.327 e. The van der Waals surface area contributed by atoms with Gasteiger partial charge in [0.2, 0.25) is 0 Å². The van der Waals surface area contributed by atoms with E-state index >= 15 is 0 Å². The maximum Gasteiger partial charge on any atom is 0.0766 e. The van der Waals surface area contributed by atoms with E-state index in [1.807, 2.05) is 11.7 Å². The first kappa shape index (κ1) is 15.7. The third kappa shape index (κ3) is 3.71. The molecule has 1 aromatic carbocycles. The van der Waals surface area contributed by atoms with Gasteiger partial charge in [-0.25, -0.2) is 0 Å². The average Bonchev–Trinajstić information content (AvgIpc) is 2.69. The Bertz CT molecular complexity index is 576. The van der Waals surface area contributed by atoms with Gasteiger partial charge in [0, 0.05) is 24.0 Å². The van der Waals surface area contributed by atoms with Crippen LogP contribution >= 0.6 is 31.9 Å². The van der Waals surface area contributed by atoms with Crippen LogP contribution in [0, 0.1) is 0 Å². The highest BCUT2D eigenvalue weighted by Crippen LogP contribution is 2.23. The van der Waals surface area contributed by atoms with Crippen LogP contribution in [0.4, 0.5) is 0 Å². The summed E-state index contributed by atoms with van der Waals surface area (Å²) in [5, 5.41) is 4.51. The fourth-order valence-electron chi connectivity index (χ4n) is 2.29. The van der Waals surface area contributed by atoms with E-state index in [0.717, 1.165) is 33.9 Å². The highest BCUT2D eigenvalue weighted by Gasteiger charge is 2.15. The topological polar surface area (TPSA) is 43.8 Å². The van der Waals surface area contributed by atoms with E-state index in [-0.39, 0.29) is 6.04 Å². The summed E-state index contributed by atoms with van der Waals surface area (Å²) in [7, 11) is 1.98. The summed E-state index contributed by atoms with van der Waals surface area (Å²) in [6, 6.07) is 8.42. The number of aromatic nitrogens is 2. The summed E-state index contributed by atoms with van der Waals surface area (Å²) in [5.41, 5.74) is 9.82. The van der Waals surface area contributed by atoms with Gasteiger partial charge in [-0.3, -0.25) is 4.68 Å². The fraction of sp³-hybridized carbons (Fsp3) is 0.400. The Hall–Kier alpha value is -0.650. The number of hydrogen-bond donors (Lipinski definition) is 1. The molecule has 2 rings (SSSR count). The lowest BCUT2D eigenvalue weighted by Gasteiger charge is -2.12. The van der Waals surface area contributed by atoms with Crippen molar-refractivity contribution in [1.82, 2.24) is 9.78 Å². The molecule has 0 aliphatic rings. The molecule has 20 heavy (non-hydrogen) atoms. The Balaban J connectivity index is 2.06. The second-order valence-electron chi connectivity index (χ2n) is 4.98. The fourth-order valence-corrected chi connectivity index (χ4v) is 3.33. The van der Waals surface area contributed by atoms with Gasteiger partial charge in [-0.1, -0.05) is 35.0 Å². The van der Waals surface area contributed by atoms with E-state index in [9.17, 15) is 0 Å². The number of hydrogen-bond acceptors (Lipinski definition) is 2. The van der Waals surface area contributed by atoms with Crippen LogP contribution < -0.4 is 5.73 Å². The third-order valence-electron chi connectivity index (χ3n) is 3.37. The number of benzene rings is 1. The molecule has 0 saturated carbocycles. The van der Waals surface area contributed by atoms with Crippen molar-refractivity contribution in [2.75, 3.05) is 0 Å². The molecule has 1 unspecified atom stereocenters. The molecule has 1 atom stereocenters. The summed E-state index contributed by atoms with van der Waals surface area (Å²) in [6.07, 6.45) is 2.61. The minimum Gasteiger partial charge on any atom is -0.327 e. The number of rotatable bonds is 5. The summed E-state index contributed by atoms with van der Waals surface area (Å²) >= 11 is 7.09. The molecule has 5 heteroatoms. The number of halogens is 2. The molecule has 0 aliphatic heterocycles. The summed E-state index contributed by atoms with van der Waals surface area (Å²) in [4.78, 5) is 0. The standard InChI is InChI=1S/C15H19Br2N3/c1-3-13-15(17)14(20(2)19-13)9-12(18)8-10-4-6-11(16)7-5-10/h4-7,12H,3,8-9,18H2,1-2H3. The number of nitrogens with two attached hydrogens (primary N) is 1. The molecule has 0 saturated heterocycles. The number of aryl methyl sites for hydroxylation is 2. The monoisotopic (exact) mass is 399 g/mol. The molecule has 1 heterocycles. The minimum absolute atomic E-state index is 0.0904. The summed E-state index contributed by atoms with van der Waals surface area (Å²) in [6.45, 7) is 2.11. The maximum absolute atomic E-state index is 6.29. The molecule has 1 aromatic heterocycles. The van der Waals surface area contributed by atoms with E-state index in [1.165, 1.54) is 11.3 Å². The second kappa shape index (κ2) is 6.87. The van der Waals surface area contributed by atoms with Gasteiger partial charge in [0.1, 0.15) is 0 Å². The zero-order valence-electron chi connectivity index (χ0n) is 11.7. The molecule has 0 spiro atoms. The summed E-state index contributed by atoms with van der Waals surface area (Å²) in [5.74, 6) is 0. The maximum atomic E-state index is 6.29. The van der Waals surface area contributed by atoms with Gasteiger partial charge in [-0.2, -0.15) is 5.10 Å². The quantitative estimate of drug-likeness (QED) is 0.832. The van der Waals surface area contributed by atoms with Gasteiger partial charge in [0.25, 0.3) is 0 Å². The molecule has 2 N–H and O–H groups in total. The lowest BCUT2D eigenvalue weighted by atomic mass is 10.0. The Labute approximate surface area is 136 Å². The SMILES string of the molecule is CCc1nn(C)c(CC(N)Cc2ccc(Br)cc2)c1Br. The molecule has 0 fully saturated rings. The van der Waals surface area contributed by atoms with E-state index in [1.54, 1.807) is 0 Å². The van der Waals surface area contributed by atoms with Crippen molar-refractivity contribution < 1.29 is 0 Å². The van der Waals surface area contributed by atoms with Crippen molar-refractivity contribution in [2.24, 2.45) is 12.8 Å².